The first-order valence-electron chi connectivity index (χ1n) is 9.26. The lowest BCUT2D eigenvalue weighted by atomic mass is 10.0. The molecular weight excluding hydrogens is 358 g/mol. The first-order chi connectivity index (χ1) is 13.6. The number of carbonyl (C=O) groups is 2. The summed E-state index contributed by atoms with van der Waals surface area (Å²) in [4.78, 5) is 25.6. The Morgan fingerprint density at radius 3 is 2.25 bits per heavy atom. The lowest BCUT2D eigenvalue weighted by molar-refractivity contribution is 0.0930. The fourth-order valence-corrected chi connectivity index (χ4v) is 3.18. The van der Waals surface area contributed by atoms with Crippen LogP contribution in [0, 0.1) is 0 Å². The van der Waals surface area contributed by atoms with Gasteiger partial charge in [0.1, 0.15) is 0 Å². The number of anilines is 1. The summed E-state index contributed by atoms with van der Waals surface area (Å²) in [6.45, 7) is 1.74. The van der Waals surface area contributed by atoms with Crippen molar-refractivity contribution in [3.8, 4) is 11.5 Å². The Balaban J connectivity index is 1.89. The predicted octanol–water partition coefficient (Wildman–Crippen LogP) is 2.44. The molecule has 0 saturated carbocycles. The van der Waals surface area contributed by atoms with Gasteiger partial charge in [-0.2, -0.15) is 0 Å². The van der Waals surface area contributed by atoms with Gasteiger partial charge in [-0.15, -0.1) is 0 Å². The van der Waals surface area contributed by atoms with Crippen LogP contribution in [-0.2, 0) is 0 Å². The Hall–Kier alpha value is -3.06. The van der Waals surface area contributed by atoms with Gasteiger partial charge in [-0.25, -0.2) is 0 Å². The Bertz CT molecular complexity index is 833. The van der Waals surface area contributed by atoms with Crippen molar-refractivity contribution in [2.45, 2.75) is 18.9 Å². The van der Waals surface area contributed by atoms with Crippen LogP contribution in [0.3, 0.4) is 0 Å². The number of benzene rings is 2. The predicted molar refractivity (Wildman–Crippen MR) is 107 cm³/mol. The molecule has 1 fully saturated rings. The number of nitrogens with one attached hydrogen (secondary N) is 3. The number of amides is 2. The third kappa shape index (κ3) is 4.61. The molecule has 0 bridgehead atoms. The van der Waals surface area contributed by atoms with E-state index in [-0.39, 0.29) is 17.9 Å². The van der Waals surface area contributed by atoms with Gasteiger partial charge in [-0.3, -0.25) is 9.59 Å². The Kier molecular flexibility index (Phi) is 6.49. The van der Waals surface area contributed by atoms with Gasteiger partial charge in [0.15, 0.2) is 11.5 Å². The Labute approximate surface area is 164 Å². The molecule has 0 spiro atoms. The molecule has 3 rings (SSSR count). The molecule has 7 heteroatoms. The number of piperidine rings is 1. The molecule has 148 valence electrons. The minimum atomic E-state index is -0.302. The highest BCUT2D eigenvalue weighted by Gasteiger charge is 2.22. The van der Waals surface area contributed by atoms with Gasteiger partial charge in [0.05, 0.1) is 25.5 Å². The number of hydrogen-bond donors (Lipinski definition) is 3. The average Bonchev–Trinajstić information content (AvgIpc) is 2.74. The highest BCUT2D eigenvalue weighted by molar-refractivity contribution is 6.09. The van der Waals surface area contributed by atoms with Crippen LogP contribution in [0.15, 0.2) is 42.5 Å². The van der Waals surface area contributed by atoms with Crippen LogP contribution >= 0.6 is 0 Å². The smallest absolute Gasteiger partial charge is 0.255 e. The maximum Gasteiger partial charge on any atom is 0.255 e. The maximum absolute atomic E-state index is 12.9. The quantitative estimate of drug-likeness (QED) is 0.713. The summed E-state index contributed by atoms with van der Waals surface area (Å²) in [5.41, 5.74) is 1.21. The van der Waals surface area contributed by atoms with Gasteiger partial charge in [0, 0.05) is 17.7 Å². The third-order valence-corrected chi connectivity index (χ3v) is 4.73. The normalized spacial score (nSPS) is 14.2. The molecular formula is C21H25N3O4. The molecule has 0 atom stereocenters. The van der Waals surface area contributed by atoms with Gasteiger partial charge >= 0.3 is 0 Å². The number of methoxy groups -OCH3 is 2. The molecule has 0 aliphatic carbocycles. The zero-order chi connectivity index (χ0) is 19.9. The van der Waals surface area contributed by atoms with Crippen LogP contribution in [0.1, 0.15) is 33.6 Å². The van der Waals surface area contributed by atoms with E-state index in [4.69, 9.17) is 9.47 Å². The molecule has 2 aromatic rings. The molecule has 7 nitrogen and oxygen atoms in total. The van der Waals surface area contributed by atoms with Crippen molar-refractivity contribution in [2.75, 3.05) is 32.6 Å². The summed E-state index contributed by atoms with van der Waals surface area (Å²) in [5, 5.41) is 9.15. The zero-order valence-corrected chi connectivity index (χ0v) is 16.1. The summed E-state index contributed by atoms with van der Waals surface area (Å²) in [6, 6.07) is 12.1. The molecule has 0 unspecified atom stereocenters. The third-order valence-electron chi connectivity index (χ3n) is 4.73. The van der Waals surface area contributed by atoms with Gasteiger partial charge in [-0.05, 0) is 44.1 Å². The fraction of sp³-hybridized carbons (Fsp3) is 0.333. The highest BCUT2D eigenvalue weighted by Crippen LogP contribution is 2.33. The molecule has 1 heterocycles. The van der Waals surface area contributed by atoms with Crippen molar-refractivity contribution in [2.24, 2.45) is 0 Å². The molecule has 2 amide bonds. The number of carbonyl (C=O) groups excluding carboxylic acids is 2. The molecule has 0 radical (unpaired) electrons. The molecule has 1 saturated heterocycles. The van der Waals surface area contributed by atoms with E-state index in [1.165, 1.54) is 14.2 Å². The van der Waals surface area contributed by atoms with Gasteiger partial charge in [0.25, 0.3) is 11.8 Å². The van der Waals surface area contributed by atoms with E-state index in [0.29, 0.717) is 28.3 Å². The lowest BCUT2D eigenvalue weighted by Crippen LogP contribution is -2.42. The molecule has 0 aromatic heterocycles. The topological polar surface area (TPSA) is 88.7 Å². The first kappa shape index (κ1) is 19.7. The summed E-state index contributed by atoms with van der Waals surface area (Å²) < 4.78 is 10.7. The summed E-state index contributed by atoms with van der Waals surface area (Å²) in [5.74, 6) is 0.305. The van der Waals surface area contributed by atoms with E-state index < -0.39 is 0 Å². The molecule has 1 aliphatic rings. The van der Waals surface area contributed by atoms with Crippen LogP contribution in [0.2, 0.25) is 0 Å². The fourth-order valence-electron chi connectivity index (χ4n) is 3.18. The Morgan fingerprint density at radius 2 is 1.61 bits per heavy atom. The SMILES string of the molecule is COc1cc(NC(=O)c2ccccc2)c(C(=O)NC2CCNCC2)cc1OC. The molecule has 2 aromatic carbocycles. The van der Waals surface area contributed by atoms with Crippen molar-refractivity contribution in [3.63, 3.8) is 0 Å². The second-order valence-corrected chi connectivity index (χ2v) is 6.57. The second kappa shape index (κ2) is 9.23. The second-order valence-electron chi connectivity index (χ2n) is 6.57. The van der Waals surface area contributed by atoms with E-state index in [9.17, 15) is 9.59 Å². The standard InChI is InChI=1S/C21H25N3O4/c1-27-18-12-16(21(26)23-15-8-10-22-11-9-15)17(13-19(18)28-2)24-20(25)14-6-4-3-5-7-14/h3-7,12-13,15,22H,8-11H2,1-2H3,(H,23,26)(H,24,25). The van der Waals surface area contributed by atoms with Crippen molar-refractivity contribution < 1.29 is 19.1 Å². The Morgan fingerprint density at radius 1 is 0.964 bits per heavy atom. The molecule has 28 heavy (non-hydrogen) atoms. The van der Waals surface area contributed by atoms with E-state index in [0.717, 1.165) is 25.9 Å². The van der Waals surface area contributed by atoms with Crippen molar-refractivity contribution in [1.29, 1.82) is 0 Å². The largest absolute Gasteiger partial charge is 0.493 e. The summed E-state index contributed by atoms with van der Waals surface area (Å²) >= 11 is 0. The van der Waals surface area contributed by atoms with E-state index in [2.05, 4.69) is 16.0 Å². The van der Waals surface area contributed by atoms with Crippen LogP contribution < -0.4 is 25.4 Å². The van der Waals surface area contributed by atoms with E-state index in [1.807, 2.05) is 6.07 Å². The van der Waals surface area contributed by atoms with Crippen LogP contribution in [0.5, 0.6) is 11.5 Å². The summed E-state index contributed by atoms with van der Waals surface area (Å²) in [7, 11) is 3.02. The van der Waals surface area contributed by atoms with Crippen LogP contribution in [0.25, 0.3) is 0 Å². The van der Waals surface area contributed by atoms with Gasteiger partial charge in [0.2, 0.25) is 0 Å². The van der Waals surface area contributed by atoms with Gasteiger partial charge in [-0.1, -0.05) is 18.2 Å². The number of rotatable bonds is 6. The van der Waals surface area contributed by atoms with Crippen molar-refractivity contribution in [1.82, 2.24) is 10.6 Å². The van der Waals surface area contributed by atoms with E-state index >= 15 is 0 Å². The summed E-state index contributed by atoms with van der Waals surface area (Å²) in [6.07, 6.45) is 1.73. The van der Waals surface area contributed by atoms with Crippen LogP contribution in [0.4, 0.5) is 5.69 Å². The van der Waals surface area contributed by atoms with Crippen molar-refractivity contribution >= 4 is 17.5 Å². The van der Waals surface area contributed by atoms with E-state index in [1.54, 1.807) is 36.4 Å². The number of ether oxygens (including phenoxy) is 2. The zero-order valence-electron chi connectivity index (χ0n) is 16.1. The molecule has 3 N–H and O–H groups in total. The van der Waals surface area contributed by atoms with Crippen molar-refractivity contribution in [3.05, 3.63) is 53.6 Å². The maximum atomic E-state index is 12.9. The molecule has 1 aliphatic heterocycles. The average molecular weight is 383 g/mol. The monoisotopic (exact) mass is 383 g/mol. The highest BCUT2D eigenvalue weighted by atomic mass is 16.5. The van der Waals surface area contributed by atoms with Crippen LogP contribution in [-0.4, -0.2) is 45.2 Å². The number of hydrogen-bond acceptors (Lipinski definition) is 5. The lowest BCUT2D eigenvalue weighted by Gasteiger charge is -2.24. The minimum absolute atomic E-state index is 0.0968. The van der Waals surface area contributed by atoms with Gasteiger partial charge < -0.3 is 25.4 Å². The minimum Gasteiger partial charge on any atom is -0.493 e. The first-order valence-corrected chi connectivity index (χ1v) is 9.26.